The van der Waals surface area contributed by atoms with E-state index in [9.17, 15) is 8.42 Å². The Bertz CT molecular complexity index is 407. The van der Waals surface area contributed by atoms with Crippen molar-refractivity contribution in [3.05, 3.63) is 22.9 Å². The van der Waals surface area contributed by atoms with E-state index < -0.39 is 10.0 Å². The summed E-state index contributed by atoms with van der Waals surface area (Å²) in [6.07, 6.45) is 2.78. The molecule has 1 heterocycles. The average molecular weight is 281 g/mol. The van der Waals surface area contributed by atoms with Crippen LogP contribution in [0.4, 0.5) is 0 Å². The molecule has 0 fully saturated rings. The van der Waals surface area contributed by atoms with Gasteiger partial charge in [-0.05, 0) is 22.0 Å². The summed E-state index contributed by atoms with van der Waals surface area (Å²) in [6.45, 7) is -0.0607. The summed E-state index contributed by atoms with van der Waals surface area (Å²) >= 11 is 3.14. The Labute approximate surface area is 90.7 Å². The molecule has 1 aromatic rings. The van der Waals surface area contributed by atoms with Gasteiger partial charge in [-0.15, -0.1) is 0 Å². The van der Waals surface area contributed by atoms with Gasteiger partial charge < -0.3 is 4.74 Å². The number of nitrogens with one attached hydrogen (secondary N) is 1. The number of methoxy groups -OCH3 is 1. The maximum Gasteiger partial charge on any atom is 0.244 e. The summed E-state index contributed by atoms with van der Waals surface area (Å²) in [5, 5.41) is 0. The summed E-state index contributed by atoms with van der Waals surface area (Å²) < 4.78 is 30.4. The molecule has 0 atom stereocenters. The molecule has 0 aliphatic carbocycles. The third kappa shape index (κ3) is 3.02. The zero-order chi connectivity index (χ0) is 10.6. The molecule has 7 heteroatoms. The molecule has 78 valence electrons. The molecule has 0 aliphatic heterocycles. The van der Waals surface area contributed by atoms with Gasteiger partial charge in [0.05, 0.1) is 0 Å². The van der Waals surface area contributed by atoms with Crippen LogP contribution in [0.1, 0.15) is 0 Å². The number of pyridine rings is 1. The molecule has 1 rings (SSSR count). The molecule has 1 N–H and O–H groups in total. The Hall–Kier alpha value is -0.500. The molecule has 0 spiro atoms. The van der Waals surface area contributed by atoms with Crippen LogP contribution in [0, 0.1) is 0 Å². The first-order chi connectivity index (χ1) is 6.56. The van der Waals surface area contributed by atoms with Crippen LogP contribution in [0.15, 0.2) is 27.8 Å². The van der Waals surface area contributed by atoms with Crippen LogP contribution in [0.3, 0.4) is 0 Å². The molecule has 14 heavy (non-hydrogen) atoms. The maximum absolute atomic E-state index is 11.5. The van der Waals surface area contributed by atoms with E-state index in [4.69, 9.17) is 0 Å². The molecule has 0 bridgehead atoms. The molecule has 0 saturated heterocycles. The summed E-state index contributed by atoms with van der Waals surface area (Å²) in [5.74, 6) is 0. The number of hydrogen-bond acceptors (Lipinski definition) is 4. The molecule has 0 saturated carbocycles. The second kappa shape index (κ2) is 4.83. The molecular formula is C7H9BrN2O3S. The number of hydrogen-bond donors (Lipinski definition) is 1. The van der Waals surface area contributed by atoms with Crippen molar-refractivity contribution in [2.24, 2.45) is 0 Å². The smallest absolute Gasteiger partial charge is 0.244 e. The average Bonchev–Trinajstić information content (AvgIpc) is 2.15. The van der Waals surface area contributed by atoms with Crippen LogP contribution >= 0.6 is 15.9 Å². The Morgan fingerprint density at radius 2 is 2.29 bits per heavy atom. The van der Waals surface area contributed by atoms with Gasteiger partial charge in [0, 0.05) is 24.0 Å². The van der Waals surface area contributed by atoms with Crippen LogP contribution in [-0.2, 0) is 14.8 Å². The van der Waals surface area contributed by atoms with E-state index in [1.165, 1.54) is 25.6 Å². The van der Waals surface area contributed by atoms with Crippen LogP contribution in [-0.4, -0.2) is 27.2 Å². The normalized spacial score (nSPS) is 11.6. The van der Waals surface area contributed by atoms with Crippen LogP contribution < -0.4 is 4.72 Å². The number of sulfonamides is 1. The molecule has 0 amide bonds. The van der Waals surface area contributed by atoms with Gasteiger partial charge in [-0.1, -0.05) is 0 Å². The Kier molecular flexibility index (Phi) is 3.99. The number of ether oxygens (including phenoxy) is 1. The van der Waals surface area contributed by atoms with Gasteiger partial charge in [0.2, 0.25) is 10.0 Å². The number of rotatable bonds is 4. The fourth-order valence-corrected chi connectivity index (χ4v) is 2.20. The third-order valence-corrected chi connectivity index (χ3v) is 3.16. The van der Waals surface area contributed by atoms with Crippen molar-refractivity contribution in [1.82, 2.24) is 9.71 Å². The molecule has 5 nitrogen and oxygen atoms in total. The van der Waals surface area contributed by atoms with Crippen molar-refractivity contribution in [2.75, 3.05) is 13.8 Å². The minimum Gasteiger partial charge on any atom is -0.369 e. The van der Waals surface area contributed by atoms with E-state index in [2.05, 4.69) is 30.4 Å². The molecule has 0 aliphatic rings. The maximum atomic E-state index is 11.5. The lowest BCUT2D eigenvalue weighted by Crippen LogP contribution is -2.25. The lowest BCUT2D eigenvalue weighted by molar-refractivity contribution is 0.194. The zero-order valence-corrected chi connectivity index (χ0v) is 9.80. The lowest BCUT2D eigenvalue weighted by atomic mass is 10.5. The first-order valence-electron chi connectivity index (χ1n) is 3.65. The highest BCUT2D eigenvalue weighted by molar-refractivity contribution is 9.10. The number of aromatic nitrogens is 1. The second-order valence-electron chi connectivity index (χ2n) is 2.42. The fraction of sp³-hybridized carbons (Fsp3) is 0.286. The van der Waals surface area contributed by atoms with Gasteiger partial charge in [-0.3, -0.25) is 4.98 Å². The predicted molar refractivity (Wildman–Crippen MR) is 54.1 cm³/mol. The zero-order valence-electron chi connectivity index (χ0n) is 7.40. The summed E-state index contributed by atoms with van der Waals surface area (Å²) in [5.41, 5.74) is 0. The third-order valence-electron chi connectivity index (χ3n) is 1.38. The lowest BCUT2D eigenvalue weighted by Gasteiger charge is -2.04. The van der Waals surface area contributed by atoms with Crippen LogP contribution in [0.5, 0.6) is 0 Å². The Balaban J connectivity index is 2.93. The van der Waals surface area contributed by atoms with Gasteiger partial charge in [0.1, 0.15) is 11.6 Å². The van der Waals surface area contributed by atoms with E-state index >= 15 is 0 Å². The van der Waals surface area contributed by atoms with Gasteiger partial charge in [-0.2, -0.15) is 4.72 Å². The van der Waals surface area contributed by atoms with E-state index in [1.807, 2.05) is 0 Å². The first kappa shape index (κ1) is 11.6. The summed E-state index contributed by atoms with van der Waals surface area (Å²) in [7, 11) is -2.11. The van der Waals surface area contributed by atoms with Crippen molar-refractivity contribution in [2.45, 2.75) is 4.90 Å². The van der Waals surface area contributed by atoms with Crippen molar-refractivity contribution >= 4 is 26.0 Å². The van der Waals surface area contributed by atoms with E-state index in [0.717, 1.165) is 0 Å². The number of halogens is 1. The van der Waals surface area contributed by atoms with Crippen LogP contribution in [0.25, 0.3) is 0 Å². The first-order valence-corrected chi connectivity index (χ1v) is 5.93. The molecular weight excluding hydrogens is 272 g/mol. The van der Waals surface area contributed by atoms with Gasteiger partial charge >= 0.3 is 0 Å². The minimum atomic E-state index is -3.51. The summed E-state index contributed by atoms with van der Waals surface area (Å²) in [4.78, 5) is 3.85. The van der Waals surface area contributed by atoms with E-state index in [1.54, 1.807) is 0 Å². The molecule has 0 unspecified atom stereocenters. The Morgan fingerprint density at radius 1 is 1.57 bits per heavy atom. The van der Waals surface area contributed by atoms with Crippen LogP contribution in [0.2, 0.25) is 0 Å². The standard InChI is InChI=1S/C7H9BrN2O3S/c1-13-5-10-14(11,12)7-2-6(8)3-9-4-7/h2-4,10H,5H2,1H3. The molecule has 1 aromatic heterocycles. The highest BCUT2D eigenvalue weighted by Gasteiger charge is 2.13. The van der Waals surface area contributed by atoms with E-state index in [0.29, 0.717) is 4.47 Å². The largest absolute Gasteiger partial charge is 0.369 e. The van der Waals surface area contributed by atoms with Gasteiger partial charge in [0.15, 0.2) is 0 Å². The molecule has 0 aromatic carbocycles. The quantitative estimate of drug-likeness (QED) is 0.826. The monoisotopic (exact) mass is 280 g/mol. The Morgan fingerprint density at radius 3 is 2.86 bits per heavy atom. The fourth-order valence-electron chi connectivity index (χ4n) is 0.759. The SMILES string of the molecule is COCNS(=O)(=O)c1cncc(Br)c1. The van der Waals surface area contributed by atoms with Crippen molar-refractivity contribution < 1.29 is 13.2 Å². The topological polar surface area (TPSA) is 68.3 Å². The van der Waals surface area contributed by atoms with Crippen molar-refractivity contribution in [1.29, 1.82) is 0 Å². The highest BCUT2D eigenvalue weighted by atomic mass is 79.9. The van der Waals surface area contributed by atoms with Crippen molar-refractivity contribution in [3.63, 3.8) is 0 Å². The highest BCUT2D eigenvalue weighted by Crippen LogP contribution is 2.13. The predicted octanol–water partition coefficient (Wildman–Crippen LogP) is 0.726. The van der Waals surface area contributed by atoms with E-state index in [-0.39, 0.29) is 11.6 Å². The minimum absolute atomic E-state index is 0.0607. The van der Waals surface area contributed by atoms with Gasteiger partial charge in [-0.25, -0.2) is 8.42 Å². The van der Waals surface area contributed by atoms with Gasteiger partial charge in [0.25, 0.3) is 0 Å². The summed E-state index contributed by atoms with van der Waals surface area (Å²) in [6, 6.07) is 1.46. The number of nitrogens with zero attached hydrogens (tertiary/aromatic N) is 1. The van der Waals surface area contributed by atoms with Crippen molar-refractivity contribution in [3.8, 4) is 0 Å². The second-order valence-corrected chi connectivity index (χ2v) is 5.10. The molecule has 0 radical (unpaired) electrons.